The van der Waals surface area contributed by atoms with Crippen LogP contribution < -0.4 is 0 Å². The van der Waals surface area contributed by atoms with Crippen LogP contribution in [0.3, 0.4) is 0 Å². The van der Waals surface area contributed by atoms with E-state index in [9.17, 15) is 19.2 Å². The predicted octanol–water partition coefficient (Wildman–Crippen LogP) is 3.14. The van der Waals surface area contributed by atoms with Crippen molar-refractivity contribution in [1.82, 2.24) is 9.80 Å². The van der Waals surface area contributed by atoms with E-state index in [2.05, 4.69) is 0 Å². The molecule has 0 bridgehead atoms. The highest BCUT2D eigenvalue weighted by molar-refractivity contribution is 5.91. The van der Waals surface area contributed by atoms with E-state index in [1.807, 2.05) is 0 Å². The number of esters is 2. The number of nitrogens with zero attached hydrogens (tertiary/aromatic N) is 2. The molecule has 0 aromatic heterocycles. The zero-order chi connectivity index (χ0) is 25.3. The van der Waals surface area contributed by atoms with Crippen LogP contribution in [0.25, 0.3) is 0 Å². The van der Waals surface area contributed by atoms with E-state index >= 15 is 0 Å². The number of likely N-dealkylation sites (N-methyl/N-ethyl adjacent to an activating group) is 2. The third-order valence-electron chi connectivity index (χ3n) is 3.97. The standard InChI is InChI=1S/C22H38N2O8/c1-15(23(9)19(27)31-21(3,4)5)13-29-17(25)11-12-18(26)30-14-16(2)24(10)20(28)32-22(6,7)8/h11-12,15-16H,13-14H2,1-10H3/b12-11+/t15-,16-/m1/s1. The van der Waals surface area contributed by atoms with Gasteiger partial charge in [0.05, 0.1) is 12.1 Å². The van der Waals surface area contributed by atoms with Gasteiger partial charge in [-0.15, -0.1) is 0 Å². The summed E-state index contributed by atoms with van der Waals surface area (Å²) in [5.41, 5.74) is -1.27. The van der Waals surface area contributed by atoms with Gasteiger partial charge in [0, 0.05) is 26.2 Å². The number of carbonyl (C=O) groups excluding carboxylic acids is 4. The van der Waals surface area contributed by atoms with Gasteiger partial charge in [-0.1, -0.05) is 0 Å². The third-order valence-corrected chi connectivity index (χ3v) is 3.97. The molecule has 2 amide bonds. The number of ether oxygens (including phenoxy) is 4. The molecule has 0 rings (SSSR count). The van der Waals surface area contributed by atoms with Crippen LogP contribution in [-0.4, -0.2) is 84.5 Å². The van der Waals surface area contributed by atoms with Crippen molar-refractivity contribution < 1.29 is 38.1 Å². The smallest absolute Gasteiger partial charge is 0.410 e. The van der Waals surface area contributed by atoms with E-state index in [0.717, 1.165) is 12.2 Å². The van der Waals surface area contributed by atoms with Gasteiger partial charge in [0.25, 0.3) is 0 Å². The molecule has 32 heavy (non-hydrogen) atoms. The minimum absolute atomic E-state index is 0.0777. The summed E-state index contributed by atoms with van der Waals surface area (Å²) in [5.74, 6) is -1.52. The van der Waals surface area contributed by atoms with Crippen LogP contribution in [-0.2, 0) is 28.5 Å². The summed E-state index contributed by atoms with van der Waals surface area (Å²) in [6.45, 7) is 13.8. The van der Waals surface area contributed by atoms with Crippen molar-refractivity contribution in [3.63, 3.8) is 0 Å². The van der Waals surface area contributed by atoms with E-state index < -0.39 is 47.4 Å². The van der Waals surface area contributed by atoms with Crippen molar-refractivity contribution in [2.24, 2.45) is 0 Å². The molecule has 0 radical (unpaired) electrons. The molecule has 0 aliphatic carbocycles. The van der Waals surface area contributed by atoms with Crippen LogP contribution in [0, 0.1) is 0 Å². The molecular formula is C22H38N2O8. The van der Waals surface area contributed by atoms with Crippen LogP contribution >= 0.6 is 0 Å². The second kappa shape index (κ2) is 12.3. The van der Waals surface area contributed by atoms with Gasteiger partial charge in [-0.2, -0.15) is 0 Å². The maximum absolute atomic E-state index is 12.0. The summed E-state index contributed by atoms with van der Waals surface area (Å²) in [5, 5.41) is 0. The highest BCUT2D eigenvalue weighted by Gasteiger charge is 2.24. The summed E-state index contributed by atoms with van der Waals surface area (Å²) in [4.78, 5) is 50.3. The first kappa shape index (κ1) is 29.2. The second-order valence-electron chi connectivity index (χ2n) is 9.47. The Hall–Kier alpha value is -2.78. The summed E-state index contributed by atoms with van der Waals surface area (Å²) in [6, 6.07) is -0.864. The largest absolute Gasteiger partial charge is 0.460 e. The van der Waals surface area contributed by atoms with Gasteiger partial charge in [0.15, 0.2) is 0 Å². The first-order chi connectivity index (χ1) is 14.4. The van der Waals surface area contributed by atoms with E-state index in [0.29, 0.717) is 0 Å². The van der Waals surface area contributed by atoms with Crippen molar-refractivity contribution in [3.8, 4) is 0 Å². The highest BCUT2D eigenvalue weighted by Crippen LogP contribution is 2.12. The van der Waals surface area contributed by atoms with E-state index in [1.165, 1.54) is 23.9 Å². The Morgan fingerprint density at radius 2 is 0.969 bits per heavy atom. The summed E-state index contributed by atoms with van der Waals surface area (Å²) >= 11 is 0. The first-order valence-corrected chi connectivity index (χ1v) is 10.4. The van der Waals surface area contributed by atoms with E-state index in [1.54, 1.807) is 55.4 Å². The Labute approximate surface area is 190 Å². The third kappa shape index (κ3) is 12.8. The lowest BCUT2D eigenvalue weighted by molar-refractivity contribution is -0.141. The number of amides is 2. The molecule has 10 nitrogen and oxygen atoms in total. The molecule has 0 N–H and O–H groups in total. The summed E-state index contributed by atoms with van der Waals surface area (Å²) < 4.78 is 20.6. The molecule has 0 saturated heterocycles. The molecule has 10 heteroatoms. The van der Waals surface area contributed by atoms with E-state index in [4.69, 9.17) is 18.9 Å². The minimum atomic E-state index is -0.759. The van der Waals surface area contributed by atoms with Gasteiger partial charge >= 0.3 is 24.1 Å². The molecule has 0 heterocycles. The lowest BCUT2D eigenvalue weighted by Crippen LogP contribution is -2.41. The fourth-order valence-electron chi connectivity index (χ4n) is 1.89. The average molecular weight is 459 g/mol. The Balaban J connectivity index is 4.43. The number of carbonyl (C=O) groups is 4. The molecule has 0 fully saturated rings. The van der Waals surface area contributed by atoms with Crippen LogP contribution in [0.15, 0.2) is 12.2 Å². The number of hydrogen-bond donors (Lipinski definition) is 0. The van der Waals surface area contributed by atoms with Gasteiger partial charge < -0.3 is 28.7 Å². The molecular weight excluding hydrogens is 420 g/mol. The van der Waals surface area contributed by atoms with Crippen LogP contribution in [0.1, 0.15) is 55.4 Å². The maximum atomic E-state index is 12.0. The molecule has 0 aliphatic rings. The van der Waals surface area contributed by atoms with Gasteiger partial charge in [-0.3, -0.25) is 0 Å². The molecule has 2 atom stereocenters. The highest BCUT2D eigenvalue weighted by atomic mass is 16.6. The van der Waals surface area contributed by atoms with Crippen molar-refractivity contribution in [1.29, 1.82) is 0 Å². The lowest BCUT2D eigenvalue weighted by atomic mass is 10.2. The normalized spacial score (nSPS) is 13.7. The topological polar surface area (TPSA) is 112 Å². The van der Waals surface area contributed by atoms with Crippen LogP contribution in [0.2, 0.25) is 0 Å². The quantitative estimate of drug-likeness (QED) is 0.310. The van der Waals surface area contributed by atoms with Crippen molar-refractivity contribution in [2.75, 3.05) is 27.3 Å². The Bertz CT molecular complexity index is 633. The molecule has 0 aliphatic heterocycles. The summed E-state index contributed by atoms with van der Waals surface area (Å²) in [6.07, 6.45) is 0.798. The molecule has 0 aromatic carbocycles. The fourth-order valence-corrected chi connectivity index (χ4v) is 1.89. The van der Waals surface area contributed by atoms with Gasteiger partial charge in [-0.05, 0) is 55.4 Å². The first-order valence-electron chi connectivity index (χ1n) is 10.4. The van der Waals surface area contributed by atoms with Gasteiger partial charge in [0.2, 0.25) is 0 Å². The van der Waals surface area contributed by atoms with Gasteiger partial charge in [0.1, 0.15) is 24.4 Å². The minimum Gasteiger partial charge on any atom is -0.460 e. The monoisotopic (exact) mass is 458 g/mol. The van der Waals surface area contributed by atoms with Crippen molar-refractivity contribution in [2.45, 2.75) is 78.7 Å². The zero-order valence-electron chi connectivity index (χ0n) is 20.9. The van der Waals surface area contributed by atoms with E-state index in [-0.39, 0.29) is 13.2 Å². The molecule has 184 valence electrons. The Kier molecular flexibility index (Phi) is 11.2. The number of rotatable bonds is 8. The second-order valence-corrected chi connectivity index (χ2v) is 9.47. The van der Waals surface area contributed by atoms with Crippen molar-refractivity contribution in [3.05, 3.63) is 12.2 Å². The fraction of sp³-hybridized carbons (Fsp3) is 0.727. The molecule has 0 saturated carbocycles. The molecule has 0 aromatic rings. The predicted molar refractivity (Wildman–Crippen MR) is 118 cm³/mol. The van der Waals surface area contributed by atoms with Crippen molar-refractivity contribution >= 4 is 24.1 Å². The molecule has 0 spiro atoms. The maximum Gasteiger partial charge on any atom is 0.410 e. The Morgan fingerprint density at radius 1 is 0.688 bits per heavy atom. The zero-order valence-corrected chi connectivity index (χ0v) is 20.9. The Morgan fingerprint density at radius 3 is 1.22 bits per heavy atom. The lowest BCUT2D eigenvalue weighted by Gasteiger charge is -2.28. The number of hydrogen-bond acceptors (Lipinski definition) is 8. The molecule has 0 unspecified atom stereocenters. The SMILES string of the molecule is C[C@H](COC(=O)/C=C/C(=O)OC[C@@H](C)N(C)C(=O)OC(C)(C)C)N(C)C(=O)OC(C)(C)C. The average Bonchev–Trinajstić information content (AvgIpc) is 2.64. The van der Waals surface area contributed by atoms with Gasteiger partial charge in [-0.25, -0.2) is 19.2 Å². The summed E-state index contributed by atoms with van der Waals surface area (Å²) in [7, 11) is 3.07. The van der Waals surface area contributed by atoms with Crippen LogP contribution in [0.4, 0.5) is 9.59 Å². The van der Waals surface area contributed by atoms with Crippen LogP contribution in [0.5, 0.6) is 0 Å².